The molecule has 1 aliphatic rings. The van der Waals surface area contributed by atoms with E-state index in [1.807, 2.05) is 81.4 Å². The van der Waals surface area contributed by atoms with E-state index < -0.39 is 17.7 Å². The predicted molar refractivity (Wildman–Crippen MR) is 148 cm³/mol. The number of likely N-dealkylation sites (tertiary alicyclic amines) is 1. The van der Waals surface area contributed by atoms with Crippen molar-refractivity contribution in [3.63, 3.8) is 0 Å². The van der Waals surface area contributed by atoms with Gasteiger partial charge in [0.25, 0.3) is 11.7 Å². The molecular weight excluding hydrogens is 480 g/mol. The summed E-state index contributed by atoms with van der Waals surface area (Å²) in [5.41, 5.74) is 3.01. The van der Waals surface area contributed by atoms with Gasteiger partial charge >= 0.3 is 0 Å². The summed E-state index contributed by atoms with van der Waals surface area (Å²) in [7, 11) is 3.89. The maximum Gasteiger partial charge on any atom is 0.295 e. The van der Waals surface area contributed by atoms with E-state index >= 15 is 0 Å². The molecule has 1 atom stereocenters. The van der Waals surface area contributed by atoms with Crippen LogP contribution in [0, 0.1) is 0 Å². The van der Waals surface area contributed by atoms with E-state index in [0.29, 0.717) is 30.3 Å². The van der Waals surface area contributed by atoms with Gasteiger partial charge < -0.3 is 24.4 Å². The van der Waals surface area contributed by atoms with Crippen molar-refractivity contribution in [2.75, 3.05) is 32.2 Å². The Balaban J connectivity index is 1.80. The van der Waals surface area contributed by atoms with Crippen LogP contribution in [0.25, 0.3) is 5.76 Å². The minimum absolute atomic E-state index is 0.0567. The third-order valence-electron chi connectivity index (χ3n) is 6.41. The van der Waals surface area contributed by atoms with E-state index in [0.717, 1.165) is 23.2 Å². The Labute approximate surface area is 223 Å². The van der Waals surface area contributed by atoms with Crippen molar-refractivity contribution in [1.29, 1.82) is 0 Å². The molecule has 1 N–H and O–H groups in total. The number of rotatable bonds is 10. The standard InChI is InChI=1S/C31H34N2O5/c1-5-17-38-26-12-8-10-23(19-26)29(34)27-28(22-13-15-24(16-14-22)32(3)4)33(31(36)30(27)35)20-21-9-7-11-25(18-21)37-6-2/h7-16,18-19,28,34H,5-6,17,20H2,1-4H3/b29-27-. The highest BCUT2D eigenvalue weighted by atomic mass is 16.5. The monoisotopic (exact) mass is 514 g/mol. The normalized spacial score (nSPS) is 16.5. The van der Waals surface area contributed by atoms with Gasteiger partial charge in [-0.3, -0.25) is 9.59 Å². The Hall–Kier alpha value is -4.26. The Morgan fingerprint density at radius 1 is 0.921 bits per heavy atom. The third-order valence-corrected chi connectivity index (χ3v) is 6.41. The lowest BCUT2D eigenvalue weighted by atomic mass is 9.95. The van der Waals surface area contributed by atoms with Gasteiger partial charge in [-0.15, -0.1) is 0 Å². The first-order chi connectivity index (χ1) is 18.3. The lowest BCUT2D eigenvalue weighted by Crippen LogP contribution is -2.29. The van der Waals surface area contributed by atoms with Crippen LogP contribution in [0.3, 0.4) is 0 Å². The number of aliphatic hydroxyl groups excluding tert-OH is 1. The number of hydrogen-bond acceptors (Lipinski definition) is 6. The molecule has 0 radical (unpaired) electrons. The van der Waals surface area contributed by atoms with Crippen LogP contribution in [-0.2, 0) is 16.1 Å². The molecule has 198 valence electrons. The fraction of sp³-hybridized carbons (Fsp3) is 0.290. The minimum Gasteiger partial charge on any atom is -0.507 e. The van der Waals surface area contributed by atoms with Crippen molar-refractivity contribution >= 4 is 23.1 Å². The predicted octanol–water partition coefficient (Wildman–Crippen LogP) is 5.56. The van der Waals surface area contributed by atoms with Gasteiger partial charge in [-0.2, -0.15) is 0 Å². The number of aliphatic hydroxyl groups is 1. The molecule has 4 rings (SSSR count). The number of anilines is 1. The van der Waals surface area contributed by atoms with E-state index in [9.17, 15) is 14.7 Å². The number of nitrogens with zero attached hydrogens (tertiary/aromatic N) is 2. The van der Waals surface area contributed by atoms with Crippen LogP contribution < -0.4 is 14.4 Å². The maximum atomic E-state index is 13.4. The van der Waals surface area contributed by atoms with Crippen LogP contribution in [0.15, 0.2) is 78.4 Å². The van der Waals surface area contributed by atoms with Crippen LogP contribution in [0.2, 0.25) is 0 Å². The van der Waals surface area contributed by atoms with Gasteiger partial charge in [0, 0.05) is 31.9 Å². The van der Waals surface area contributed by atoms with Crippen LogP contribution in [0.1, 0.15) is 43.0 Å². The van der Waals surface area contributed by atoms with Crippen molar-refractivity contribution in [1.82, 2.24) is 4.90 Å². The lowest BCUT2D eigenvalue weighted by Gasteiger charge is -2.26. The maximum absolute atomic E-state index is 13.4. The fourth-order valence-electron chi connectivity index (χ4n) is 4.55. The summed E-state index contributed by atoms with van der Waals surface area (Å²) < 4.78 is 11.3. The summed E-state index contributed by atoms with van der Waals surface area (Å²) in [5, 5.41) is 11.4. The zero-order valence-corrected chi connectivity index (χ0v) is 22.3. The summed E-state index contributed by atoms with van der Waals surface area (Å²) in [6, 6.07) is 21.3. The second-order valence-corrected chi connectivity index (χ2v) is 9.37. The van der Waals surface area contributed by atoms with Gasteiger partial charge in [0.1, 0.15) is 17.3 Å². The second kappa shape index (κ2) is 11.9. The average Bonchev–Trinajstić information content (AvgIpc) is 3.17. The number of ether oxygens (including phenoxy) is 2. The molecule has 1 amide bonds. The molecule has 7 nitrogen and oxygen atoms in total. The summed E-state index contributed by atoms with van der Waals surface area (Å²) in [4.78, 5) is 30.3. The number of benzene rings is 3. The van der Waals surface area contributed by atoms with Gasteiger partial charge in [-0.1, -0.05) is 43.3 Å². The smallest absolute Gasteiger partial charge is 0.295 e. The largest absolute Gasteiger partial charge is 0.507 e. The van der Waals surface area contributed by atoms with E-state index in [1.54, 1.807) is 24.3 Å². The van der Waals surface area contributed by atoms with E-state index in [1.165, 1.54) is 4.90 Å². The first kappa shape index (κ1) is 26.8. The Bertz CT molecular complexity index is 1330. The third kappa shape index (κ3) is 5.67. The number of Topliss-reactive ketones (excluding diaryl/α,β-unsaturated/α-hetero) is 1. The zero-order chi connectivity index (χ0) is 27.2. The van der Waals surface area contributed by atoms with Crippen molar-refractivity contribution in [2.45, 2.75) is 32.9 Å². The molecule has 1 heterocycles. The quantitative estimate of drug-likeness (QED) is 0.217. The fourth-order valence-corrected chi connectivity index (χ4v) is 4.55. The van der Waals surface area contributed by atoms with Crippen molar-refractivity contribution in [3.8, 4) is 11.5 Å². The highest BCUT2D eigenvalue weighted by molar-refractivity contribution is 6.46. The number of carbonyl (C=O) groups is 2. The van der Waals surface area contributed by atoms with Crippen LogP contribution in [-0.4, -0.2) is 49.0 Å². The molecule has 0 saturated carbocycles. The van der Waals surface area contributed by atoms with E-state index in [2.05, 4.69) is 0 Å². The molecule has 1 unspecified atom stereocenters. The number of amides is 1. The average molecular weight is 515 g/mol. The topological polar surface area (TPSA) is 79.3 Å². The van der Waals surface area contributed by atoms with Crippen LogP contribution in [0.4, 0.5) is 5.69 Å². The SMILES string of the molecule is CCCOc1cccc(/C(O)=C2/C(=O)C(=O)N(Cc3cccc(OCC)c3)C2c2ccc(N(C)C)cc2)c1. The number of hydrogen-bond donors (Lipinski definition) is 1. The molecule has 1 aliphatic heterocycles. The van der Waals surface area contributed by atoms with Gasteiger partial charge in [0.05, 0.1) is 24.8 Å². The highest BCUT2D eigenvalue weighted by Gasteiger charge is 2.46. The van der Waals surface area contributed by atoms with Gasteiger partial charge in [-0.05, 0) is 60.9 Å². The van der Waals surface area contributed by atoms with Crippen LogP contribution >= 0.6 is 0 Å². The number of carbonyl (C=O) groups excluding carboxylic acids is 2. The van der Waals surface area contributed by atoms with E-state index in [-0.39, 0.29) is 17.9 Å². The molecule has 38 heavy (non-hydrogen) atoms. The molecule has 7 heteroatoms. The molecule has 3 aromatic rings. The first-order valence-corrected chi connectivity index (χ1v) is 12.8. The molecule has 0 aliphatic carbocycles. The molecule has 0 aromatic heterocycles. The Kier molecular flexibility index (Phi) is 8.36. The minimum atomic E-state index is -0.762. The first-order valence-electron chi connectivity index (χ1n) is 12.8. The van der Waals surface area contributed by atoms with Gasteiger partial charge in [-0.25, -0.2) is 0 Å². The summed E-state index contributed by atoms with van der Waals surface area (Å²) in [6.45, 7) is 5.16. The van der Waals surface area contributed by atoms with Crippen LogP contribution in [0.5, 0.6) is 11.5 Å². The summed E-state index contributed by atoms with van der Waals surface area (Å²) in [6.07, 6.45) is 0.842. The molecule has 0 spiro atoms. The van der Waals surface area contributed by atoms with Crippen molar-refractivity contribution in [2.24, 2.45) is 0 Å². The van der Waals surface area contributed by atoms with Crippen molar-refractivity contribution in [3.05, 3.63) is 95.1 Å². The zero-order valence-electron chi connectivity index (χ0n) is 22.3. The Morgan fingerprint density at radius 3 is 2.26 bits per heavy atom. The second-order valence-electron chi connectivity index (χ2n) is 9.37. The molecule has 1 saturated heterocycles. The lowest BCUT2D eigenvalue weighted by molar-refractivity contribution is -0.140. The van der Waals surface area contributed by atoms with E-state index in [4.69, 9.17) is 9.47 Å². The van der Waals surface area contributed by atoms with Crippen molar-refractivity contribution < 1.29 is 24.2 Å². The summed E-state index contributed by atoms with van der Waals surface area (Å²) >= 11 is 0. The van der Waals surface area contributed by atoms with Gasteiger partial charge in [0.2, 0.25) is 0 Å². The Morgan fingerprint density at radius 2 is 1.61 bits per heavy atom. The van der Waals surface area contributed by atoms with Gasteiger partial charge in [0.15, 0.2) is 0 Å². The summed E-state index contributed by atoms with van der Waals surface area (Å²) in [5.74, 6) is -0.321. The molecular formula is C31H34N2O5. The molecule has 1 fully saturated rings. The highest BCUT2D eigenvalue weighted by Crippen LogP contribution is 2.41. The number of ketones is 1. The molecule has 3 aromatic carbocycles. The molecule has 0 bridgehead atoms.